The normalized spacial score (nSPS) is 14.0. The summed E-state index contributed by atoms with van der Waals surface area (Å²) in [5.41, 5.74) is 0. The van der Waals surface area contributed by atoms with Gasteiger partial charge in [0.1, 0.15) is 19.3 Å². The number of aliphatic hydroxyl groups is 1. The maximum Gasteiger partial charge on any atom is 0.472 e. The van der Waals surface area contributed by atoms with E-state index in [0.29, 0.717) is 25.7 Å². The molecule has 0 spiro atoms. The number of ether oxygens (including phenoxy) is 4. The standard InChI is InChI=1S/C78H152O17P2/c1-7-9-11-13-14-15-16-17-18-19-20-21-22-23-28-34-39-44-50-56-63-78(83)95-74(67-89-76(81)61-55-49-43-38-33-27-25-24-26-31-36-41-47-52-58-70(3)4)69-93-97(86,87)91-65-72(79)64-90-96(84,85)92-68-73(66-88-75(80)60-54-46-12-10-8-2)94-77(82)62-57-51-45-40-35-30-29-32-37-42-48-53-59-71(5)6/h70-74,79H,7-69H2,1-6H3,(H,84,85)(H,86,87)/t72-,73+,74+/m0/s1. The molecule has 0 aromatic heterocycles. The van der Waals surface area contributed by atoms with Crippen molar-refractivity contribution in [3.05, 3.63) is 0 Å². The van der Waals surface area contributed by atoms with E-state index in [-0.39, 0.29) is 25.7 Å². The maximum atomic E-state index is 13.1. The third-order valence-electron chi connectivity index (χ3n) is 18.2. The van der Waals surface area contributed by atoms with Crippen molar-refractivity contribution in [1.29, 1.82) is 0 Å². The fraction of sp³-hybridized carbons (Fsp3) is 0.949. The zero-order valence-corrected chi connectivity index (χ0v) is 65.2. The zero-order chi connectivity index (χ0) is 71.4. The van der Waals surface area contributed by atoms with Crippen molar-refractivity contribution in [3.8, 4) is 0 Å². The Morgan fingerprint density at radius 2 is 0.474 bits per heavy atom. The van der Waals surface area contributed by atoms with Gasteiger partial charge in [0, 0.05) is 25.7 Å². The lowest BCUT2D eigenvalue weighted by Crippen LogP contribution is -2.30. The quantitative estimate of drug-likeness (QED) is 0.0222. The average molecular weight is 1420 g/mol. The minimum atomic E-state index is -4.96. The molecule has 0 aromatic carbocycles. The van der Waals surface area contributed by atoms with Crippen LogP contribution < -0.4 is 0 Å². The zero-order valence-electron chi connectivity index (χ0n) is 63.4. The van der Waals surface area contributed by atoms with Gasteiger partial charge in [-0.2, -0.15) is 0 Å². The van der Waals surface area contributed by atoms with Crippen LogP contribution in [-0.4, -0.2) is 96.7 Å². The number of carbonyl (C=O) groups excluding carboxylic acids is 4. The molecule has 0 heterocycles. The van der Waals surface area contributed by atoms with Gasteiger partial charge in [-0.25, -0.2) is 9.13 Å². The van der Waals surface area contributed by atoms with Crippen molar-refractivity contribution in [2.45, 2.75) is 426 Å². The van der Waals surface area contributed by atoms with Gasteiger partial charge in [-0.1, -0.05) is 356 Å². The van der Waals surface area contributed by atoms with E-state index < -0.39 is 97.5 Å². The molecule has 17 nitrogen and oxygen atoms in total. The van der Waals surface area contributed by atoms with Gasteiger partial charge >= 0.3 is 39.5 Å². The first kappa shape index (κ1) is 95.1. The van der Waals surface area contributed by atoms with Crippen LogP contribution >= 0.6 is 15.6 Å². The molecule has 0 aliphatic heterocycles. The number of hydrogen-bond acceptors (Lipinski definition) is 15. The lowest BCUT2D eigenvalue weighted by Gasteiger charge is -2.21. The summed E-state index contributed by atoms with van der Waals surface area (Å²) in [5, 5.41) is 10.6. The Morgan fingerprint density at radius 1 is 0.278 bits per heavy atom. The number of rotatable bonds is 77. The van der Waals surface area contributed by atoms with Gasteiger partial charge in [0.25, 0.3) is 0 Å². The molecule has 97 heavy (non-hydrogen) atoms. The number of phosphoric acid groups is 2. The molecule has 0 rings (SSSR count). The SMILES string of the molecule is CCCCCCCCCCCCCCCCCCCCCCC(=O)O[C@H](COC(=O)CCCCCCCCCCCCCCCCC(C)C)COP(=O)(O)OC[C@@H](O)COP(=O)(O)OC[C@@H](COC(=O)CCCCCCC)OC(=O)CCCCCCCCCCCCCCC(C)C. The third-order valence-corrected chi connectivity index (χ3v) is 20.1. The molecule has 0 aromatic rings. The fourth-order valence-electron chi connectivity index (χ4n) is 12.0. The summed E-state index contributed by atoms with van der Waals surface area (Å²) in [6.07, 6.45) is 58.7. The van der Waals surface area contributed by atoms with Crippen molar-refractivity contribution in [2.75, 3.05) is 39.6 Å². The van der Waals surface area contributed by atoms with Gasteiger partial charge in [0.2, 0.25) is 0 Å². The van der Waals surface area contributed by atoms with Crippen LogP contribution in [0.2, 0.25) is 0 Å². The lowest BCUT2D eigenvalue weighted by atomic mass is 10.0. The van der Waals surface area contributed by atoms with Crippen LogP contribution in [-0.2, 0) is 65.4 Å². The molecule has 576 valence electrons. The van der Waals surface area contributed by atoms with Crippen molar-refractivity contribution >= 4 is 39.5 Å². The summed E-state index contributed by atoms with van der Waals surface area (Å²) in [6.45, 7) is 9.55. The van der Waals surface area contributed by atoms with E-state index in [1.54, 1.807) is 0 Å². The Kier molecular flexibility index (Phi) is 68.4. The second kappa shape index (κ2) is 69.8. The van der Waals surface area contributed by atoms with E-state index in [0.717, 1.165) is 108 Å². The Hall–Kier alpha value is -1.94. The molecule has 3 N–H and O–H groups in total. The van der Waals surface area contributed by atoms with Crippen LogP contribution in [0.3, 0.4) is 0 Å². The Morgan fingerprint density at radius 3 is 0.701 bits per heavy atom. The van der Waals surface area contributed by atoms with Crippen molar-refractivity contribution in [3.63, 3.8) is 0 Å². The highest BCUT2D eigenvalue weighted by atomic mass is 31.2. The molecule has 0 fully saturated rings. The van der Waals surface area contributed by atoms with Gasteiger partial charge in [-0.15, -0.1) is 0 Å². The minimum Gasteiger partial charge on any atom is -0.462 e. The van der Waals surface area contributed by atoms with Crippen molar-refractivity contribution in [1.82, 2.24) is 0 Å². The molecule has 19 heteroatoms. The van der Waals surface area contributed by atoms with Crippen LogP contribution in [0.4, 0.5) is 0 Å². The van der Waals surface area contributed by atoms with Crippen LogP contribution in [0, 0.1) is 11.8 Å². The molecular weight excluding hydrogens is 1270 g/mol. The summed E-state index contributed by atoms with van der Waals surface area (Å²) in [6, 6.07) is 0. The molecule has 0 saturated heterocycles. The first-order valence-corrected chi connectivity index (χ1v) is 43.5. The number of hydrogen-bond donors (Lipinski definition) is 3. The van der Waals surface area contributed by atoms with Gasteiger partial charge in [0.15, 0.2) is 12.2 Å². The molecule has 0 radical (unpaired) electrons. The van der Waals surface area contributed by atoms with Crippen LogP contribution in [0.15, 0.2) is 0 Å². The highest BCUT2D eigenvalue weighted by Crippen LogP contribution is 2.45. The third kappa shape index (κ3) is 72.2. The van der Waals surface area contributed by atoms with Crippen LogP contribution in [0.1, 0.15) is 408 Å². The molecule has 2 unspecified atom stereocenters. The van der Waals surface area contributed by atoms with E-state index >= 15 is 0 Å². The van der Waals surface area contributed by atoms with Crippen LogP contribution in [0.25, 0.3) is 0 Å². The molecule has 0 saturated carbocycles. The van der Waals surface area contributed by atoms with E-state index in [1.165, 1.54) is 218 Å². The fourth-order valence-corrected chi connectivity index (χ4v) is 13.6. The Labute approximate surface area is 594 Å². The summed E-state index contributed by atoms with van der Waals surface area (Å²) < 4.78 is 68.4. The first-order valence-electron chi connectivity index (χ1n) is 40.5. The maximum absolute atomic E-state index is 13.1. The Bertz CT molecular complexity index is 1870. The predicted octanol–water partition coefficient (Wildman–Crippen LogP) is 23.1. The molecule has 0 aliphatic carbocycles. The highest BCUT2D eigenvalue weighted by molar-refractivity contribution is 7.47. The topological polar surface area (TPSA) is 237 Å². The predicted molar refractivity (Wildman–Crippen MR) is 395 cm³/mol. The smallest absolute Gasteiger partial charge is 0.462 e. The van der Waals surface area contributed by atoms with E-state index in [2.05, 4.69) is 41.5 Å². The Balaban J connectivity index is 5.13. The van der Waals surface area contributed by atoms with Gasteiger partial charge in [-0.3, -0.25) is 37.3 Å². The number of esters is 4. The second-order valence-electron chi connectivity index (χ2n) is 29.1. The number of aliphatic hydroxyl groups excluding tert-OH is 1. The van der Waals surface area contributed by atoms with Crippen molar-refractivity contribution in [2.24, 2.45) is 11.8 Å². The molecule has 0 amide bonds. The summed E-state index contributed by atoms with van der Waals surface area (Å²) in [5.74, 6) is -0.548. The molecule has 0 aliphatic rings. The van der Waals surface area contributed by atoms with Gasteiger partial charge in [0.05, 0.1) is 26.4 Å². The number of phosphoric ester groups is 2. The second-order valence-corrected chi connectivity index (χ2v) is 32.0. The number of carbonyl (C=O) groups is 4. The first-order chi connectivity index (χ1) is 46.9. The number of unbranched alkanes of at least 4 members (excludes halogenated alkanes) is 47. The summed E-state index contributed by atoms with van der Waals surface area (Å²) in [7, 11) is -9.90. The molecule has 0 bridgehead atoms. The van der Waals surface area contributed by atoms with Crippen molar-refractivity contribution < 1.29 is 80.2 Å². The monoisotopic (exact) mass is 1420 g/mol. The molecule has 5 atom stereocenters. The van der Waals surface area contributed by atoms with E-state index in [4.69, 9.17) is 37.0 Å². The van der Waals surface area contributed by atoms with E-state index in [9.17, 15) is 43.2 Å². The van der Waals surface area contributed by atoms with E-state index in [1.807, 2.05) is 0 Å². The minimum absolute atomic E-state index is 0.106. The van der Waals surface area contributed by atoms with Gasteiger partial charge in [-0.05, 0) is 37.5 Å². The largest absolute Gasteiger partial charge is 0.472 e. The summed E-state index contributed by atoms with van der Waals surface area (Å²) in [4.78, 5) is 72.6. The average Bonchev–Trinajstić information content (AvgIpc) is 1.45. The lowest BCUT2D eigenvalue weighted by molar-refractivity contribution is -0.161. The highest BCUT2D eigenvalue weighted by Gasteiger charge is 2.30. The summed E-state index contributed by atoms with van der Waals surface area (Å²) >= 11 is 0. The van der Waals surface area contributed by atoms with Crippen LogP contribution in [0.5, 0.6) is 0 Å². The molecular formula is C78H152O17P2. The van der Waals surface area contributed by atoms with Gasteiger partial charge < -0.3 is 33.8 Å².